The standard InChI is InChI=1S/C22H30N4O3/c27-19(21-24-10-13-29-21)2-1-5-22(6-8-23-9-7-22)16-18-3-4-20(25-17-18)26-11-14-28-15-12-26/h3-4,10,13,17,23H,1-2,5-9,11-12,14-16H2. The van der Waals surface area contributed by atoms with Crippen LogP contribution in [0.2, 0.25) is 0 Å². The molecule has 2 saturated heterocycles. The van der Waals surface area contributed by atoms with Crippen LogP contribution >= 0.6 is 0 Å². The number of Topliss-reactive ketones (excluding diaryl/α,β-unsaturated/α-hetero) is 1. The van der Waals surface area contributed by atoms with E-state index in [-0.39, 0.29) is 17.1 Å². The molecule has 0 atom stereocenters. The Kier molecular flexibility index (Phi) is 6.56. The van der Waals surface area contributed by atoms with Crippen LogP contribution in [0.1, 0.15) is 48.4 Å². The lowest BCUT2D eigenvalue weighted by Crippen LogP contribution is -2.38. The van der Waals surface area contributed by atoms with Crippen LogP contribution in [-0.2, 0) is 11.2 Å². The smallest absolute Gasteiger partial charge is 0.263 e. The molecular formula is C22H30N4O3. The van der Waals surface area contributed by atoms with E-state index in [1.165, 1.54) is 18.0 Å². The minimum absolute atomic E-state index is 0.00406. The highest BCUT2D eigenvalue weighted by Gasteiger charge is 2.32. The fraction of sp³-hybridized carbons (Fsp3) is 0.591. The van der Waals surface area contributed by atoms with Crippen molar-refractivity contribution >= 4 is 11.6 Å². The maximum Gasteiger partial charge on any atom is 0.263 e. The predicted molar refractivity (Wildman–Crippen MR) is 110 cm³/mol. The number of oxazole rings is 1. The van der Waals surface area contributed by atoms with E-state index in [1.54, 1.807) is 0 Å². The van der Waals surface area contributed by atoms with Gasteiger partial charge in [0, 0.05) is 25.7 Å². The lowest BCUT2D eigenvalue weighted by atomic mass is 9.71. The molecule has 0 radical (unpaired) electrons. The van der Waals surface area contributed by atoms with E-state index in [4.69, 9.17) is 14.1 Å². The molecule has 0 spiro atoms. The van der Waals surface area contributed by atoms with Gasteiger partial charge in [0.1, 0.15) is 12.1 Å². The third kappa shape index (κ3) is 5.22. The summed E-state index contributed by atoms with van der Waals surface area (Å²) in [5.41, 5.74) is 1.51. The molecule has 29 heavy (non-hydrogen) atoms. The fourth-order valence-corrected chi connectivity index (χ4v) is 4.50. The second kappa shape index (κ2) is 9.50. The monoisotopic (exact) mass is 398 g/mol. The van der Waals surface area contributed by atoms with Crippen molar-refractivity contribution in [2.24, 2.45) is 5.41 Å². The number of hydrogen-bond acceptors (Lipinski definition) is 7. The van der Waals surface area contributed by atoms with Crippen LogP contribution in [0, 0.1) is 5.41 Å². The molecule has 2 fully saturated rings. The third-order valence-electron chi connectivity index (χ3n) is 6.17. The number of pyridine rings is 1. The van der Waals surface area contributed by atoms with E-state index in [9.17, 15) is 4.79 Å². The first-order valence-electron chi connectivity index (χ1n) is 10.7. The number of rotatable bonds is 8. The van der Waals surface area contributed by atoms with E-state index in [0.29, 0.717) is 6.42 Å². The van der Waals surface area contributed by atoms with Crippen LogP contribution < -0.4 is 10.2 Å². The topological polar surface area (TPSA) is 80.5 Å². The summed E-state index contributed by atoms with van der Waals surface area (Å²) < 4.78 is 10.6. The Morgan fingerprint density at radius 2 is 2.00 bits per heavy atom. The Labute approximate surface area is 171 Å². The number of aromatic nitrogens is 2. The predicted octanol–water partition coefficient (Wildman–Crippen LogP) is 2.87. The van der Waals surface area contributed by atoms with Crippen LogP contribution in [0.15, 0.2) is 35.2 Å². The fourth-order valence-electron chi connectivity index (χ4n) is 4.50. The zero-order chi connectivity index (χ0) is 19.9. The summed E-state index contributed by atoms with van der Waals surface area (Å²) in [7, 11) is 0. The van der Waals surface area contributed by atoms with Gasteiger partial charge < -0.3 is 19.4 Å². The number of carbonyl (C=O) groups excluding carboxylic acids is 1. The van der Waals surface area contributed by atoms with Crippen molar-refractivity contribution in [2.45, 2.75) is 38.5 Å². The average molecular weight is 399 g/mol. The molecular weight excluding hydrogens is 368 g/mol. The van der Waals surface area contributed by atoms with Gasteiger partial charge >= 0.3 is 0 Å². The second-order valence-electron chi connectivity index (χ2n) is 8.16. The zero-order valence-corrected chi connectivity index (χ0v) is 16.9. The van der Waals surface area contributed by atoms with Gasteiger partial charge in [0.25, 0.3) is 5.89 Å². The van der Waals surface area contributed by atoms with E-state index in [2.05, 4.69) is 27.3 Å². The normalized spacial score (nSPS) is 19.2. The Morgan fingerprint density at radius 3 is 2.69 bits per heavy atom. The van der Waals surface area contributed by atoms with Gasteiger partial charge in [-0.05, 0) is 62.2 Å². The van der Waals surface area contributed by atoms with Crippen molar-refractivity contribution in [2.75, 3.05) is 44.3 Å². The summed E-state index contributed by atoms with van der Waals surface area (Å²) in [6.45, 7) is 5.42. The van der Waals surface area contributed by atoms with Crippen molar-refractivity contribution in [1.29, 1.82) is 0 Å². The van der Waals surface area contributed by atoms with Gasteiger partial charge in [0.05, 0.1) is 19.4 Å². The molecule has 7 heteroatoms. The summed E-state index contributed by atoms with van der Waals surface area (Å²) in [4.78, 5) is 23.2. The number of piperidine rings is 1. The van der Waals surface area contributed by atoms with Crippen molar-refractivity contribution in [3.8, 4) is 0 Å². The van der Waals surface area contributed by atoms with Gasteiger partial charge in [-0.1, -0.05) is 6.07 Å². The quantitative estimate of drug-likeness (QED) is 0.685. The number of anilines is 1. The number of nitrogens with one attached hydrogen (secondary N) is 1. The lowest BCUT2D eigenvalue weighted by molar-refractivity contribution is 0.0933. The van der Waals surface area contributed by atoms with E-state index in [1.807, 2.05) is 6.20 Å². The molecule has 2 aromatic rings. The van der Waals surface area contributed by atoms with Crippen LogP contribution in [0.5, 0.6) is 0 Å². The highest BCUT2D eigenvalue weighted by atomic mass is 16.5. The molecule has 4 rings (SSSR count). The molecule has 0 saturated carbocycles. The van der Waals surface area contributed by atoms with Gasteiger partial charge in [-0.15, -0.1) is 0 Å². The third-order valence-corrected chi connectivity index (χ3v) is 6.17. The largest absolute Gasteiger partial charge is 0.442 e. The Bertz CT molecular complexity index is 764. The van der Waals surface area contributed by atoms with E-state index >= 15 is 0 Å². The SMILES string of the molecule is O=C(CCCC1(Cc2ccc(N3CCOCC3)nc2)CCNCC1)c1ncco1. The van der Waals surface area contributed by atoms with Crippen LogP contribution in [-0.4, -0.2) is 55.1 Å². The minimum Gasteiger partial charge on any atom is -0.442 e. The molecule has 4 heterocycles. The summed E-state index contributed by atoms with van der Waals surface area (Å²) >= 11 is 0. The van der Waals surface area contributed by atoms with Gasteiger partial charge in [0.2, 0.25) is 5.78 Å². The molecule has 2 aliphatic heterocycles. The molecule has 1 N–H and O–H groups in total. The Balaban J connectivity index is 1.36. The highest BCUT2D eigenvalue weighted by molar-refractivity contribution is 5.91. The first-order chi connectivity index (χ1) is 14.2. The summed E-state index contributed by atoms with van der Waals surface area (Å²) in [5.74, 6) is 1.26. The van der Waals surface area contributed by atoms with Crippen LogP contribution in [0.25, 0.3) is 0 Å². The van der Waals surface area contributed by atoms with Gasteiger partial charge in [-0.3, -0.25) is 4.79 Å². The molecule has 0 amide bonds. The molecule has 0 aromatic carbocycles. The Morgan fingerprint density at radius 1 is 1.17 bits per heavy atom. The zero-order valence-electron chi connectivity index (χ0n) is 16.9. The number of ketones is 1. The van der Waals surface area contributed by atoms with Gasteiger partial charge in [0.15, 0.2) is 0 Å². The van der Waals surface area contributed by atoms with Gasteiger partial charge in [-0.2, -0.15) is 0 Å². The molecule has 2 aliphatic rings. The Hall–Kier alpha value is -2.25. The van der Waals surface area contributed by atoms with Crippen LogP contribution in [0.3, 0.4) is 0 Å². The van der Waals surface area contributed by atoms with Crippen molar-refractivity contribution in [1.82, 2.24) is 15.3 Å². The molecule has 0 bridgehead atoms. The van der Waals surface area contributed by atoms with Crippen molar-refractivity contribution < 1.29 is 13.9 Å². The number of carbonyl (C=O) groups is 1. The maximum atomic E-state index is 12.2. The number of hydrogen-bond donors (Lipinski definition) is 1. The molecule has 0 aliphatic carbocycles. The first-order valence-corrected chi connectivity index (χ1v) is 10.7. The molecule has 7 nitrogen and oxygen atoms in total. The summed E-state index contributed by atoms with van der Waals surface area (Å²) in [6, 6.07) is 4.36. The first kappa shape index (κ1) is 20.0. The molecule has 0 unspecified atom stereocenters. The second-order valence-corrected chi connectivity index (χ2v) is 8.16. The summed E-state index contributed by atoms with van der Waals surface area (Å²) in [5, 5.41) is 3.47. The summed E-state index contributed by atoms with van der Waals surface area (Å²) in [6.07, 6.45) is 10.7. The lowest BCUT2D eigenvalue weighted by Gasteiger charge is -2.38. The highest BCUT2D eigenvalue weighted by Crippen LogP contribution is 2.38. The molecule has 156 valence electrons. The van der Waals surface area contributed by atoms with Crippen molar-refractivity contribution in [3.05, 3.63) is 42.2 Å². The minimum atomic E-state index is -0.00406. The number of morpholine rings is 1. The van der Waals surface area contributed by atoms with Crippen LogP contribution in [0.4, 0.5) is 5.82 Å². The van der Waals surface area contributed by atoms with Crippen molar-refractivity contribution in [3.63, 3.8) is 0 Å². The average Bonchev–Trinajstić information content (AvgIpc) is 3.31. The maximum absolute atomic E-state index is 12.2. The number of ether oxygens (including phenoxy) is 1. The van der Waals surface area contributed by atoms with E-state index < -0.39 is 0 Å². The molecule has 2 aromatic heterocycles. The van der Waals surface area contributed by atoms with E-state index in [0.717, 1.165) is 77.3 Å². The van der Waals surface area contributed by atoms with Gasteiger partial charge in [-0.25, -0.2) is 9.97 Å². The number of nitrogens with zero attached hydrogens (tertiary/aromatic N) is 3.